The monoisotopic (exact) mass is 348 g/mol. The third-order valence-electron chi connectivity index (χ3n) is 3.26. The second kappa shape index (κ2) is 8.39. The molecule has 0 fully saturated rings. The lowest BCUT2D eigenvalue weighted by atomic mass is 10.0. The zero-order valence-electron chi connectivity index (χ0n) is 13.8. The number of benzene rings is 1. The fraction of sp³-hybridized carbons (Fsp3) is 0.375. The number of ether oxygens (including phenoxy) is 1. The first-order valence-corrected chi connectivity index (χ1v) is 8.50. The van der Waals surface area contributed by atoms with Crippen molar-refractivity contribution in [3.05, 3.63) is 35.3 Å². The second-order valence-corrected chi connectivity index (χ2v) is 6.19. The Morgan fingerprint density at radius 3 is 2.67 bits per heavy atom. The molecule has 0 spiro atoms. The molecule has 0 unspecified atom stereocenters. The number of aromatic nitrogens is 2. The highest BCUT2D eigenvalue weighted by Crippen LogP contribution is 2.19. The number of hydrogen-bond donors (Lipinski definition) is 2. The Labute approximate surface area is 144 Å². The summed E-state index contributed by atoms with van der Waals surface area (Å²) in [7, 11) is 0. The lowest BCUT2D eigenvalue weighted by molar-refractivity contribution is -0.118. The zero-order valence-corrected chi connectivity index (χ0v) is 14.6. The Morgan fingerprint density at radius 2 is 2.04 bits per heavy atom. The number of carbonyl (C=O) groups excluding carboxylic acids is 2. The molecule has 2 aromatic rings. The number of amides is 2. The molecule has 1 heterocycles. The lowest BCUT2D eigenvalue weighted by Gasteiger charge is -2.21. The van der Waals surface area contributed by atoms with Gasteiger partial charge in [-0.25, -0.2) is 0 Å². The Morgan fingerprint density at radius 1 is 1.29 bits per heavy atom. The number of hydrogen-bond acceptors (Lipinski definition) is 6. The quantitative estimate of drug-likeness (QED) is 0.801. The molecule has 128 valence electrons. The van der Waals surface area contributed by atoms with Crippen molar-refractivity contribution in [2.24, 2.45) is 5.92 Å². The summed E-state index contributed by atoms with van der Waals surface area (Å²) < 4.78 is 5.47. The van der Waals surface area contributed by atoms with Crippen LogP contribution >= 0.6 is 11.3 Å². The third-order valence-corrected chi connectivity index (χ3v) is 3.86. The van der Waals surface area contributed by atoms with Crippen LogP contribution in [0, 0.1) is 5.92 Å². The summed E-state index contributed by atoms with van der Waals surface area (Å²) in [5.41, 5.74) is 1.92. The van der Waals surface area contributed by atoms with Gasteiger partial charge in [0.1, 0.15) is 17.3 Å². The standard InChI is InChI=1S/C16H20N4O3S/c1-4-23-12-8-6-5-7-11(12)14(21)18-13(10(2)3)15(22)19-16-20-17-9-24-16/h5-10,13H,4H2,1-3H3,(H,18,21)(H,19,20,22)/t13-/m0/s1. The van der Waals surface area contributed by atoms with Gasteiger partial charge in [0.2, 0.25) is 11.0 Å². The summed E-state index contributed by atoms with van der Waals surface area (Å²) in [5.74, 6) is -0.292. The average Bonchev–Trinajstić information content (AvgIpc) is 3.05. The van der Waals surface area contributed by atoms with Gasteiger partial charge in [0.15, 0.2) is 0 Å². The summed E-state index contributed by atoms with van der Waals surface area (Å²) in [6, 6.07) is 6.24. The van der Waals surface area contributed by atoms with E-state index in [0.717, 1.165) is 0 Å². The maximum Gasteiger partial charge on any atom is 0.255 e. The van der Waals surface area contributed by atoms with Gasteiger partial charge in [-0.3, -0.25) is 14.9 Å². The molecule has 1 aromatic heterocycles. The predicted octanol–water partition coefficient (Wildman–Crippen LogP) is 2.33. The molecule has 2 amide bonds. The normalized spacial score (nSPS) is 11.8. The Kier molecular flexibility index (Phi) is 6.25. The molecule has 2 N–H and O–H groups in total. The average molecular weight is 348 g/mol. The van der Waals surface area contributed by atoms with Crippen LogP contribution in [0.5, 0.6) is 5.75 Å². The smallest absolute Gasteiger partial charge is 0.255 e. The molecular formula is C16H20N4O3S. The molecule has 2 rings (SSSR count). The maximum absolute atomic E-state index is 12.6. The van der Waals surface area contributed by atoms with E-state index in [1.807, 2.05) is 20.8 Å². The van der Waals surface area contributed by atoms with Crippen molar-refractivity contribution >= 4 is 28.3 Å². The molecule has 0 bridgehead atoms. The molecule has 24 heavy (non-hydrogen) atoms. The van der Waals surface area contributed by atoms with Gasteiger partial charge in [-0.05, 0) is 25.0 Å². The van der Waals surface area contributed by atoms with E-state index in [0.29, 0.717) is 23.1 Å². The highest BCUT2D eigenvalue weighted by Gasteiger charge is 2.26. The lowest BCUT2D eigenvalue weighted by Crippen LogP contribution is -2.47. The van der Waals surface area contributed by atoms with E-state index in [2.05, 4.69) is 20.8 Å². The fourth-order valence-corrected chi connectivity index (χ4v) is 2.55. The van der Waals surface area contributed by atoms with Crippen molar-refractivity contribution in [1.82, 2.24) is 15.5 Å². The number of nitrogens with zero attached hydrogens (tertiary/aromatic N) is 2. The minimum Gasteiger partial charge on any atom is -0.493 e. The highest BCUT2D eigenvalue weighted by molar-refractivity contribution is 7.13. The van der Waals surface area contributed by atoms with Gasteiger partial charge < -0.3 is 10.1 Å². The largest absolute Gasteiger partial charge is 0.493 e. The Balaban J connectivity index is 2.12. The van der Waals surface area contributed by atoms with Crippen molar-refractivity contribution in [2.45, 2.75) is 26.8 Å². The zero-order chi connectivity index (χ0) is 17.5. The predicted molar refractivity (Wildman–Crippen MR) is 92.2 cm³/mol. The van der Waals surface area contributed by atoms with Gasteiger partial charge >= 0.3 is 0 Å². The van der Waals surface area contributed by atoms with Crippen LogP contribution in [-0.2, 0) is 4.79 Å². The molecule has 0 saturated heterocycles. The van der Waals surface area contributed by atoms with Gasteiger partial charge in [-0.2, -0.15) is 0 Å². The molecule has 1 atom stereocenters. The van der Waals surface area contributed by atoms with Crippen molar-refractivity contribution in [1.29, 1.82) is 0 Å². The van der Waals surface area contributed by atoms with E-state index < -0.39 is 6.04 Å². The van der Waals surface area contributed by atoms with Gasteiger partial charge in [0.25, 0.3) is 5.91 Å². The van der Waals surface area contributed by atoms with E-state index in [1.165, 1.54) is 16.8 Å². The van der Waals surface area contributed by atoms with Crippen molar-refractivity contribution < 1.29 is 14.3 Å². The molecule has 0 radical (unpaired) electrons. The number of rotatable bonds is 7. The van der Waals surface area contributed by atoms with E-state index in [-0.39, 0.29) is 17.7 Å². The first-order chi connectivity index (χ1) is 11.5. The van der Waals surface area contributed by atoms with E-state index in [4.69, 9.17) is 4.74 Å². The minimum atomic E-state index is -0.698. The number of anilines is 1. The van der Waals surface area contributed by atoms with Crippen LogP contribution in [0.4, 0.5) is 5.13 Å². The van der Waals surface area contributed by atoms with E-state index in [9.17, 15) is 9.59 Å². The molecule has 0 aliphatic heterocycles. The first-order valence-electron chi connectivity index (χ1n) is 7.62. The van der Waals surface area contributed by atoms with Crippen LogP contribution in [0.1, 0.15) is 31.1 Å². The SMILES string of the molecule is CCOc1ccccc1C(=O)N[C@H](C(=O)Nc1nncs1)C(C)C. The van der Waals surface area contributed by atoms with Crippen molar-refractivity contribution in [2.75, 3.05) is 11.9 Å². The van der Waals surface area contributed by atoms with Crippen molar-refractivity contribution in [3.63, 3.8) is 0 Å². The van der Waals surface area contributed by atoms with E-state index >= 15 is 0 Å². The van der Waals surface area contributed by atoms with Crippen molar-refractivity contribution in [3.8, 4) is 5.75 Å². The molecule has 7 nitrogen and oxygen atoms in total. The number of para-hydroxylation sites is 1. The van der Waals surface area contributed by atoms with Crippen LogP contribution in [0.15, 0.2) is 29.8 Å². The number of nitrogens with one attached hydrogen (secondary N) is 2. The summed E-state index contributed by atoms with van der Waals surface area (Å²) in [4.78, 5) is 25.0. The molecular weight excluding hydrogens is 328 g/mol. The number of carbonyl (C=O) groups is 2. The summed E-state index contributed by atoms with van der Waals surface area (Å²) in [6.45, 7) is 6.02. The van der Waals surface area contributed by atoms with Crippen LogP contribution in [0.2, 0.25) is 0 Å². The Hall–Kier alpha value is -2.48. The van der Waals surface area contributed by atoms with Crippen LogP contribution < -0.4 is 15.4 Å². The summed E-state index contributed by atoms with van der Waals surface area (Å²) in [5, 5.41) is 13.3. The molecule has 0 saturated carbocycles. The second-order valence-electron chi connectivity index (χ2n) is 5.36. The first kappa shape index (κ1) is 17.9. The van der Waals surface area contributed by atoms with Gasteiger partial charge in [-0.15, -0.1) is 10.2 Å². The van der Waals surface area contributed by atoms with Crippen LogP contribution in [-0.4, -0.2) is 34.7 Å². The van der Waals surface area contributed by atoms with Crippen LogP contribution in [0.3, 0.4) is 0 Å². The summed E-state index contributed by atoms with van der Waals surface area (Å²) in [6.07, 6.45) is 0. The molecule has 0 aliphatic carbocycles. The van der Waals surface area contributed by atoms with Gasteiger partial charge in [0.05, 0.1) is 12.2 Å². The fourth-order valence-electron chi connectivity index (χ4n) is 2.10. The highest BCUT2D eigenvalue weighted by atomic mass is 32.1. The molecule has 8 heteroatoms. The van der Waals surface area contributed by atoms with Gasteiger partial charge in [0, 0.05) is 0 Å². The van der Waals surface area contributed by atoms with Crippen LogP contribution in [0.25, 0.3) is 0 Å². The Bertz CT molecular complexity index is 688. The topological polar surface area (TPSA) is 93.2 Å². The molecule has 0 aliphatic rings. The summed E-state index contributed by atoms with van der Waals surface area (Å²) >= 11 is 1.22. The minimum absolute atomic E-state index is 0.0962. The third kappa shape index (κ3) is 4.51. The van der Waals surface area contributed by atoms with E-state index in [1.54, 1.807) is 24.3 Å². The van der Waals surface area contributed by atoms with Gasteiger partial charge in [-0.1, -0.05) is 37.3 Å². The maximum atomic E-state index is 12.6. The molecule has 1 aromatic carbocycles.